The molecular formula is C13H23N3O4. The molecular weight excluding hydrogens is 262 g/mol. The molecule has 1 rings (SSSR count). The van der Waals surface area contributed by atoms with Crippen molar-refractivity contribution in [3.8, 4) is 0 Å². The zero-order valence-electron chi connectivity index (χ0n) is 11.8. The van der Waals surface area contributed by atoms with Crippen LogP contribution >= 0.6 is 0 Å². The Morgan fingerprint density at radius 3 is 2.55 bits per heavy atom. The molecule has 20 heavy (non-hydrogen) atoms. The molecule has 7 heteroatoms. The van der Waals surface area contributed by atoms with Crippen molar-refractivity contribution in [2.45, 2.75) is 45.1 Å². The first-order valence-corrected chi connectivity index (χ1v) is 7.00. The fourth-order valence-corrected chi connectivity index (χ4v) is 2.39. The Morgan fingerprint density at radius 2 is 2.05 bits per heavy atom. The van der Waals surface area contributed by atoms with Crippen molar-refractivity contribution >= 4 is 17.9 Å². The second-order valence-corrected chi connectivity index (χ2v) is 5.24. The molecule has 7 nitrogen and oxygen atoms in total. The number of nitrogens with two attached hydrogens (primary N) is 1. The minimum absolute atomic E-state index is 0.110. The van der Waals surface area contributed by atoms with E-state index in [2.05, 4.69) is 5.32 Å². The summed E-state index contributed by atoms with van der Waals surface area (Å²) < 4.78 is 0. The summed E-state index contributed by atoms with van der Waals surface area (Å²) in [6.07, 6.45) is 3.38. The highest BCUT2D eigenvalue weighted by atomic mass is 16.4. The molecule has 0 saturated heterocycles. The van der Waals surface area contributed by atoms with Gasteiger partial charge in [0, 0.05) is 12.6 Å². The third kappa shape index (κ3) is 5.07. The highest BCUT2D eigenvalue weighted by molar-refractivity contribution is 5.83. The van der Waals surface area contributed by atoms with E-state index in [1.165, 1.54) is 4.90 Å². The van der Waals surface area contributed by atoms with Gasteiger partial charge in [-0.05, 0) is 25.7 Å². The number of primary amides is 1. The van der Waals surface area contributed by atoms with Gasteiger partial charge in [-0.1, -0.05) is 13.3 Å². The molecule has 3 amide bonds. The van der Waals surface area contributed by atoms with Gasteiger partial charge in [0.25, 0.3) is 0 Å². The van der Waals surface area contributed by atoms with Crippen molar-refractivity contribution in [1.82, 2.24) is 10.2 Å². The number of rotatable bonds is 7. The molecule has 1 aliphatic rings. The van der Waals surface area contributed by atoms with Crippen molar-refractivity contribution in [2.75, 3.05) is 13.1 Å². The van der Waals surface area contributed by atoms with Gasteiger partial charge in [-0.15, -0.1) is 0 Å². The number of carbonyl (C=O) groups excluding carboxylic acids is 2. The van der Waals surface area contributed by atoms with Crippen molar-refractivity contribution in [1.29, 1.82) is 0 Å². The molecule has 0 spiro atoms. The Hall–Kier alpha value is -1.79. The third-order valence-electron chi connectivity index (χ3n) is 3.52. The average Bonchev–Trinajstić information content (AvgIpc) is 2.82. The minimum atomic E-state index is -0.818. The quantitative estimate of drug-likeness (QED) is 0.633. The van der Waals surface area contributed by atoms with Crippen molar-refractivity contribution in [3.05, 3.63) is 0 Å². The zero-order chi connectivity index (χ0) is 15.1. The highest BCUT2D eigenvalue weighted by Crippen LogP contribution is 2.25. The van der Waals surface area contributed by atoms with Crippen LogP contribution in [0.15, 0.2) is 0 Å². The lowest BCUT2D eigenvalue weighted by atomic mass is 10.1. The summed E-state index contributed by atoms with van der Waals surface area (Å²) in [5, 5.41) is 11.7. The van der Waals surface area contributed by atoms with Crippen LogP contribution in [0.3, 0.4) is 0 Å². The minimum Gasteiger partial charge on any atom is -0.481 e. The number of unbranched alkanes of at least 4 members (excludes halogenated alkanes) is 1. The van der Waals surface area contributed by atoms with Gasteiger partial charge in [-0.25, -0.2) is 4.79 Å². The van der Waals surface area contributed by atoms with Crippen LogP contribution in [0.4, 0.5) is 4.79 Å². The number of carboxylic acids is 1. The molecule has 0 heterocycles. The van der Waals surface area contributed by atoms with Gasteiger partial charge in [0.05, 0.1) is 5.92 Å². The fraction of sp³-hybridized carbons (Fsp3) is 0.769. The van der Waals surface area contributed by atoms with E-state index < -0.39 is 11.9 Å². The predicted octanol–water partition coefficient (Wildman–Crippen LogP) is 0.537. The topological polar surface area (TPSA) is 113 Å². The van der Waals surface area contributed by atoms with Gasteiger partial charge < -0.3 is 21.1 Å². The van der Waals surface area contributed by atoms with Gasteiger partial charge >= 0.3 is 12.0 Å². The van der Waals surface area contributed by atoms with Crippen LogP contribution in [0, 0.1) is 5.92 Å². The van der Waals surface area contributed by atoms with E-state index in [0.29, 0.717) is 25.8 Å². The van der Waals surface area contributed by atoms with Gasteiger partial charge in [0.1, 0.15) is 6.54 Å². The number of aliphatic carboxylic acids is 1. The maximum Gasteiger partial charge on any atom is 0.318 e. The molecule has 0 aromatic carbocycles. The number of urea groups is 1. The standard InChI is InChI=1S/C13H23N3O4/c1-2-3-6-16(8-11(14)17)13(20)15-10-5-4-9(7-10)12(18)19/h9-10H,2-8H2,1H3,(H2,14,17)(H,15,20)(H,18,19)/t9-,10+/m1/s1. The van der Waals surface area contributed by atoms with Crippen LogP contribution in [0.25, 0.3) is 0 Å². The first kappa shape index (κ1) is 16.3. The number of hydrogen-bond donors (Lipinski definition) is 3. The van der Waals surface area contributed by atoms with Gasteiger partial charge in [0.2, 0.25) is 5.91 Å². The van der Waals surface area contributed by atoms with Crippen LogP contribution < -0.4 is 11.1 Å². The fourth-order valence-electron chi connectivity index (χ4n) is 2.39. The summed E-state index contributed by atoms with van der Waals surface area (Å²) >= 11 is 0. The number of carbonyl (C=O) groups is 3. The van der Waals surface area contributed by atoms with Crippen LogP contribution in [0.2, 0.25) is 0 Å². The molecule has 114 valence electrons. The Kier molecular flexibility index (Phi) is 6.27. The number of nitrogens with zero attached hydrogens (tertiary/aromatic N) is 1. The second-order valence-electron chi connectivity index (χ2n) is 5.24. The van der Waals surface area contributed by atoms with E-state index in [1.807, 2.05) is 6.92 Å². The summed E-state index contributed by atoms with van der Waals surface area (Å²) in [4.78, 5) is 35.3. The molecule has 0 aliphatic heterocycles. The van der Waals surface area contributed by atoms with Gasteiger partial charge in [0.15, 0.2) is 0 Å². The summed E-state index contributed by atoms with van der Waals surface area (Å²) in [7, 11) is 0. The van der Waals surface area contributed by atoms with E-state index >= 15 is 0 Å². The normalized spacial score (nSPS) is 21.4. The number of nitrogens with one attached hydrogen (secondary N) is 1. The SMILES string of the molecule is CCCCN(CC(N)=O)C(=O)N[C@H]1CC[C@@H](C(=O)O)C1. The maximum absolute atomic E-state index is 12.1. The van der Waals surface area contributed by atoms with E-state index in [4.69, 9.17) is 10.8 Å². The largest absolute Gasteiger partial charge is 0.481 e. The van der Waals surface area contributed by atoms with Crippen LogP contribution in [0.5, 0.6) is 0 Å². The molecule has 1 aliphatic carbocycles. The average molecular weight is 285 g/mol. The van der Waals surface area contributed by atoms with Crippen molar-refractivity contribution in [2.24, 2.45) is 11.7 Å². The third-order valence-corrected chi connectivity index (χ3v) is 3.52. The lowest BCUT2D eigenvalue weighted by Crippen LogP contribution is -2.47. The molecule has 1 saturated carbocycles. The molecule has 0 bridgehead atoms. The first-order chi connectivity index (χ1) is 9.43. The van der Waals surface area contributed by atoms with E-state index in [-0.39, 0.29) is 24.5 Å². The Labute approximate surface area is 118 Å². The lowest BCUT2D eigenvalue weighted by molar-refractivity contribution is -0.141. The van der Waals surface area contributed by atoms with E-state index in [9.17, 15) is 14.4 Å². The summed E-state index contributed by atoms with van der Waals surface area (Å²) in [6, 6.07) is -0.478. The monoisotopic (exact) mass is 285 g/mol. The Morgan fingerprint density at radius 1 is 1.35 bits per heavy atom. The first-order valence-electron chi connectivity index (χ1n) is 7.00. The van der Waals surface area contributed by atoms with Crippen molar-refractivity contribution < 1.29 is 19.5 Å². The van der Waals surface area contributed by atoms with Crippen LogP contribution in [-0.4, -0.2) is 47.0 Å². The van der Waals surface area contributed by atoms with Crippen LogP contribution in [-0.2, 0) is 9.59 Å². The van der Waals surface area contributed by atoms with Crippen molar-refractivity contribution in [3.63, 3.8) is 0 Å². The van der Waals surface area contributed by atoms with Gasteiger partial charge in [-0.3, -0.25) is 9.59 Å². The summed E-state index contributed by atoms with van der Waals surface area (Å²) in [5.74, 6) is -1.76. The number of hydrogen-bond acceptors (Lipinski definition) is 3. The Bertz CT molecular complexity index is 373. The van der Waals surface area contributed by atoms with Gasteiger partial charge in [-0.2, -0.15) is 0 Å². The van der Waals surface area contributed by atoms with Crippen LogP contribution in [0.1, 0.15) is 39.0 Å². The molecule has 2 atom stereocenters. The molecule has 0 radical (unpaired) electrons. The number of carboxylic acid groups (broad SMARTS) is 1. The molecule has 0 unspecified atom stereocenters. The summed E-state index contributed by atoms with van der Waals surface area (Å²) in [6.45, 7) is 2.36. The van der Waals surface area contributed by atoms with E-state index in [0.717, 1.165) is 12.8 Å². The second kappa shape index (κ2) is 7.72. The maximum atomic E-state index is 12.1. The highest BCUT2D eigenvalue weighted by Gasteiger charge is 2.31. The summed E-state index contributed by atoms with van der Waals surface area (Å²) in [5.41, 5.74) is 5.13. The Balaban J connectivity index is 2.49. The predicted molar refractivity (Wildman–Crippen MR) is 73.0 cm³/mol. The van der Waals surface area contributed by atoms with E-state index in [1.54, 1.807) is 0 Å². The lowest BCUT2D eigenvalue weighted by Gasteiger charge is -2.23. The molecule has 0 aromatic rings. The molecule has 0 aromatic heterocycles. The smallest absolute Gasteiger partial charge is 0.318 e. The molecule has 1 fully saturated rings. The molecule has 4 N–H and O–H groups in total. The number of amides is 3. The zero-order valence-corrected chi connectivity index (χ0v) is 11.8.